The van der Waals surface area contributed by atoms with E-state index in [1.165, 1.54) is 0 Å². The third kappa shape index (κ3) is 2.85. The van der Waals surface area contributed by atoms with Crippen LogP contribution < -0.4 is 0 Å². The van der Waals surface area contributed by atoms with Gasteiger partial charge in [0.25, 0.3) is 0 Å². The normalized spacial score (nSPS) is 12.8. The molecule has 3 rings (SSSR count). The van der Waals surface area contributed by atoms with Crippen molar-refractivity contribution in [1.29, 1.82) is 0 Å². The molecule has 0 amide bonds. The van der Waals surface area contributed by atoms with E-state index >= 15 is 0 Å². The van der Waals surface area contributed by atoms with Gasteiger partial charge in [-0.05, 0) is 22.4 Å². The first-order chi connectivity index (χ1) is 10.8. The fourth-order valence-electron chi connectivity index (χ4n) is 2.50. The second-order valence-electron chi connectivity index (χ2n) is 5.11. The summed E-state index contributed by atoms with van der Waals surface area (Å²) in [5, 5.41) is 21.7. The number of aliphatic imine (C=N–C) groups is 1. The van der Waals surface area contributed by atoms with Crippen LogP contribution in [0.2, 0.25) is 0 Å². The van der Waals surface area contributed by atoms with Crippen molar-refractivity contribution in [3.63, 3.8) is 0 Å². The maximum atomic E-state index is 10.1. The molecule has 0 aliphatic carbocycles. The van der Waals surface area contributed by atoms with Gasteiger partial charge >= 0.3 is 0 Å². The smallest absolute Gasteiger partial charge is 0.124 e. The number of aliphatic hydroxyl groups excluding tert-OH is 1. The fourth-order valence-corrected chi connectivity index (χ4v) is 2.50. The molecule has 3 aromatic carbocycles. The summed E-state index contributed by atoms with van der Waals surface area (Å²) in [6.07, 6.45) is 1.64. The Morgan fingerprint density at radius 3 is 2.41 bits per heavy atom. The predicted molar refractivity (Wildman–Crippen MR) is 89.5 cm³/mol. The van der Waals surface area contributed by atoms with E-state index in [4.69, 9.17) is 0 Å². The number of hydrogen-bond acceptors (Lipinski definition) is 3. The average Bonchev–Trinajstić information content (AvgIpc) is 2.58. The van der Waals surface area contributed by atoms with Crippen LogP contribution >= 0.6 is 0 Å². The van der Waals surface area contributed by atoms with Crippen molar-refractivity contribution in [3.05, 3.63) is 77.9 Å². The summed E-state index contributed by atoms with van der Waals surface area (Å²) in [5.74, 6) is 0.187. The second-order valence-corrected chi connectivity index (χ2v) is 5.11. The van der Waals surface area contributed by atoms with Gasteiger partial charge in [0.15, 0.2) is 0 Å². The number of aromatic hydroxyl groups is 1. The standard InChI is InChI=1S/C19H17NO2/c21-13-18(15-7-2-1-3-8-15)20-12-17-16-9-5-4-6-14(16)10-11-19(17)22/h1-12,18,21-22H,13H2. The lowest BCUT2D eigenvalue weighted by Crippen LogP contribution is -2.01. The Hall–Kier alpha value is -2.65. The molecule has 0 fully saturated rings. The zero-order valence-corrected chi connectivity index (χ0v) is 12.1. The maximum Gasteiger partial charge on any atom is 0.124 e. The first-order valence-corrected chi connectivity index (χ1v) is 7.19. The topological polar surface area (TPSA) is 52.8 Å². The summed E-state index contributed by atoms with van der Waals surface area (Å²) >= 11 is 0. The number of benzene rings is 3. The predicted octanol–water partition coefficient (Wildman–Crippen LogP) is 3.70. The Kier molecular flexibility index (Phi) is 4.17. The molecule has 3 nitrogen and oxygen atoms in total. The number of rotatable bonds is 4. The van der Waals surface area contributed by atoms with Crippen LogP contribution in [0.4, 0.5) is 0 Å². The Bertz CT molecular complexity index is 797. The van der Waals surface area contributed by atoms with Gasteiger partial charge in [0.1, 0.15) is 5.75 Å². The van der Waals surface area contributed by atoms with Crippen LogP contribution in [0.5, 0.6) is 5.75 Å². The lowest BCUT2D eigenvalue weighted by molar-refractivity contribution is 0.269. The van der Waals surface area contributed by atoms with Crippen LogP contribution in [0.3, 0.4) is 0 Å². The molecule has 2 N–H and O–H groups in total. The summed E-state index contributed by atoms with van der Waals surface area (Å²) in [5.41, 5.74) is 1.62. The minimum absolute atomic E-state index is 0.0773. The lowest BCUT2D eigenvalue weighted by Gasteiger charge is -2.10. The Balaban J connectivity index is 2.00. The van der Waals surface area contributed by atoms with E-state index in [-0.39, 0.29) is 18.4 Å². The van der Waals surface area contributed by atoms with Gasteiger partial charge in [0.05, 0.1) is 12.6 Å². The molecule has 0 bridgehead atoms. The highest BCUT2D eigenvalue weighted by Crippen LogP contribution is 2.26. The van der Waals surface area contributed by atoms with Gasteiger partial charge in [-0.25, -0.2) is 0 Å². The zero-order valence-electron chi connectivity index (χ0n) is 12.1. The first-order valence-electron chi connectivity index (χ1n) is 7.19. The van der Waals surface area contributed by atoms with E-state index in [1.54, 1.807) is 12.3 Å². The minimum Gasteiger partial charge on any atom is -0.507 e. The maximum absolute atomic E-state index is 10.1. The number of phenolic OH excluding ortho intramolecular Hbond substituents is 1. The monoisotopic (exact) mass is 291 g/mol. The van der Waals surface area contributed by atoms with Gasteiger partial charge in [0.2, 0.25) is 0 Å². The van der Waals surface area contributed by atoms with Crippen LogP contribution in [0.15, 0.2) is 71.7 Å². The first kappa shape index (κ1) is 14.3. The molecule has 1 atom stereocenters. The molecule has 0 heterocycles. The van der Waals surface area contributed by atoms with E-state index in [0.717, 1.165) is 16.3 Å². The van der Waals surface area contributed by atoms with Crippen molar-refractivity contribution in [1.82, 2.24) is 0 Å². The van der Waals surface area contributed by atoms with Crippen molar-refractivity contribution in [2.45, 2.75) is 6.04 Å². The van der Waals surface area contributed by atoms with E-state index in [0.29, 0.717) is 5.56 Å². The van der Waals surface area contributed by atoms with Gasteiger partial charge in [-0.1, -0.05) is 60.7 Å². The molecule has 0 saturated carbocycles. The lowest BCUT2D eigenvalue weighted by atomic mass is 10.0. The van der Waals surface area contributed by atoms with Gasteiger partial charge in [-0.15, -0.1) is 0 Å². The molecular formula is C19H17NO2. The SMILES string of the molecule is OCC(N=Cc1c(O)ccc2ccccc12)c1ccccc1. The summed E-state index contributed by atoms with van der Waals surface area (Å²) in [6.45, 7) is -0.0773. The highest BCUT2D eigenvalue weighted by molar-refractivity contribution is 6.02. The summed E-state index contributed by atoms with van der Waals surface area (Å²) < 4.78 is 0. The second kappa shape index (κ2) is 6.41. The van der Waals surface area contributed by atoms with E-state index in [2.05, 4.69) is 4.99 Å². The average molecular weight is 291 g/mol. The number of hydrogen-bond donors (Lipinski definition) is 2. The minimum atomic E-state index is -0.334. The molecule has 22 heavy (non-hydrogen) atoms. The molecule has 0 spiro atoms. The zero-order chi connectivity index (χ0) is 15.4. The van der Waals surface area contributed by atoms with Crippen molar-refractivity contribution < 1.29 is 10.2 Å². The molecule has 1 unspecified atom stereocenters. The molecule has 0 aliphatic rings. The van der Waals surface area contributed by atoms with Gasteiger partial charge in [-0.2, -0.15) is 0 Å². The molecule has 110 valence electrons. The Morgan fingerprint density at radius 2 is 1.64 bits per heavy atom. The third-order valence-electron chi connectivity index (χ3n) is 3.69. The van der Waals surface area contributed by atoms with Crippen molar-refractivity contribution in [2.24, 2.45) is 4.99 Å². The third-order valence-corrected chi connectivity index (χ3v) is 3.69. The Morgan fingerprint density at radius 1 is 0.909 bits per heavy atom. The van der Waals surface area contributed by atoms with Crippen molar-refractivity contribution in [3.8, 4) is 5.75 Å². The molecule has 3 heteroatoms. The fraction of sp³-hybridized carbons (Fsp3) is 0.105. The van der Waals surface area contributed by atoms with E-state index in [9.17, 15) is 10.2 Å². The number of aliphatic hydroxyl groups is 1. The number of nitrogens with zero attached hydrogens (tertiary/aromatic N) is 1. The molecule has 3 aromatic rings. The van der Waals surface area contributed by atoms with Gasteiger partial charge in [0, 0.05) is 11.8 Å². The quantitative estimate of drug-likeness (QED) is 0.720. The van der Waals surface area contributed by atoms with Crippen LogP contribution in [0.25, 0.3) is 10.8 Å². The van der Waals surface area contributed by atoms with E-state index in [1.807, 2.05) is 60.7 Å². The molecular weight excluding hydrogens is 274 g/mol. The Labute approximate surface area is 129 Å². The van der Waals surface area contributed by atoms with Crippen LogP contribution in [-0.2, 0) is 0 Å². The highest BCUT2D eigenvalue weighted by Gasteiger charge is 2.09. The van der Waals surface area contributed by atoms with Gasteiger partial charge < -0.3 is 10.2 Å². The number of phenols is 1. The van der Waals surface area contributed by atoms with Crippen LogP contribution in [0.1, 0.15) is 17.2 Å². The van der Waals surface area contributed by atoms with Gasteiger partial charge in [-0.3, -0.25) is 4.99 Å². The molecule has 0 radical (unpaired) electrons. The summed E-state index contributed by atoms with van der Waals surface area (Å²) in [6, 6.07) is 20.7. The van der Waals surface area contributed by atoms with Crippen molar-refractivity contribution in [2.75, 3.05) is 6.61 Å². The highest BCUT2D eigenvalue weighted by atomic mass is 16.3. The summed E-state index contributed by atoms with van der Waals surface area (Å²) in [4.78, 5) is 4.46. The largest absolute Gasteiger partial charge is 0.507 e. The molecule has 0 saturated heterocycles. The summed E-state index contributed by atoms with van der Waals surface area (Å²) in [7, 11) is 0. The van der Waals surface area contributed by atoms with Crippen LogP contribution in [0, 0.1) is 0 Å². The molecule has 0 aromatic heterocycles. The van der Waals surface area contributed by atoms with E-state index < -0.39 is 0 Å². The number of fused-ring (bicyclic) bond motifs is 1. The molecule has 0 aliphatic heterocycles. The van der Waals surface area contributed by atoms with Crippen molar-refractivity contribution >= 4 is 17.0 Å². The van der Waals surface area contributed by atoms with Crippen LogP contribution in [-0.4, -0.2) is 23.0 Å².